The number of halogens is 2. The molecule has 3 fully saturated rings. The summed E-state index contributed by atoms with van der Waals surface area (Å²) in [7, 11) is 0. The quantitative estimate of drug-likeness (QED) is 0.824. The maximum atomic E-state index is 14.0. The molecule has 3 heterocycles. The number of carbonyl (C=O) groups excluding carboxylic acids is 1. The van der Waals surface area contributed by atoms with E-state index in [1.165, 1.54) is 6.07 Å². The second-order valence-corrected chi connectivity index (χ2v) is 7.57. The summed E-state index contributed by atoms with van der Waals surface area (Å²) in [6.45, 7) is 3.46. The van der Waals surface area contributed by atoms with Crippen LogP contribution in [0.2, 0.25) is 0 Å². The van der Waals surface area contributed by atoms with Crippen LogP contribution in [0.3, 0.4) is 0 Å². The van der Waals surface area contributed by atoms with Crippen molar-refractivity contribution in [2.24, 2.45) is 16.7 Å². The Morgan fingerprint density at radius 2 is 2.16 bits per heavy atom. The van der Waals surface area contributed by atoms with Crippen molar-refractivity contribution in [2.75, 3.05) is 46.0 Å². The normalized spacial score (nSPS) is 29.7. The summed E-state index contributed by atoms with van der Waals surface area (Å²) in [6.07, 6.45) is 0.412. The molecule has 0 aromatic heterocycles. The zero-order chi connectivity index (χ0) is 16.8. The average Bonchev–Trinajstić information content (AvgIpc) is 3.09. The second-order valence-electron chi connectivity index (χ2n) is 7.57. The number of aliphatic hydroxyl groups is 1. The number of carbonyl (C=O) groups is 1. The second kappa shape index (κ2) is 6.83. The molecule has 1 amide bonds. The molecule has 5 nitrogen and oxygen atoms in total. The molecule has 1 aromatic carbocycles. The van der Waals surface area contributed by atoms with Crippen LogP contribution in [-0.2, 0) is 16.0 Å². The number of fused-ring (bicyclic) bond motifs is 1. The van der Waals surface area contributed by atoms with Gasteiger partial charge in [0.05, 0.1) is 25.2 Å². The van der Waals surface area contributed by atoms with Crippen LogP contribution in [0.1, 0.15) is 5.56 Å². The van der Waals surface area contributed by atoms with Crippen LogP contribution < -0.4 is 5.32 Å². The van der Waals surface area contributed by atoms with Crippen molar-refractivity contribution in [1.82, 2.24) is 10.2 Å². The number of nitrogens with zero attached hydrogens (tertiary/aromatic N) is 1. The zero-order valence-corrected chi connectivity index (χ0v) is 14.9. The first-order chi connectivity index (χ1) is 11.6. The third-order valence-electron chi connectivity index (χ3n) is 5.99. The van der Waals surface area contributed by atoms with Crippen molar-refractivity contribution in [1.29, 1.82) is 0 Å². The number of amides is 1. The molecule has 0 saturated carbocycles. The van der Waals surface area contributed by atoms with E-state index in [0.717, 1.165) is 0 Å². The molecule has 3 aliphatic heterocycles. The Kier molecular flexibility index (Phi) is 5.08. The van der Waals surface area contributed by atoms with Crippen LogP contribution in [0.15, 0.2) is 24.3 Å². The summed E-state index contributed by atoms with van der Waals surface area (Å²) in [5.74, 6) is 0.0202. The van der Waals surface area contributed by atoms with E-state index in [1.54, 1.807) is 18.2 Å². The first-order valence-corrected chi connectivity index (χ1v) is 8.51. The van der Waals surface area contributed by atoms with Gasteiger partial charge in [0.2, 0.25) is 5.91 Å². The summed E-state index contributed by atoms with van der Waals surface area (Å²) in [5, 5.41) is 13.0. The first-order valence-electron chi connectivity index (χ1n) is 8.51. The van der Waals surface area contributed by atoms with E-state index in [4.69, 9.17) is 4.74 Å². The number of hydrogen-bond donors (Lipinski definition) is 2. The monoisotopic (exact) mass is 370 g/mol. The zero-order valence-electron chi connectivity index (χ0n) is 14.0. The number of ether oxygens (including phenoxy) is 1. The Balaban J connectivity index is 0.00000182. The van der Waals surface area contributed by atoms with Gasteiger partial charge in [-0.1, -0.05) is 18.2 Å². The van der Waals surface area contributed by atoms with E-state index >= 15 is 0 Å². The number of rotatable bonds is 4. The average molecular weight is 371 g/mol. The Bertz CT molecular complexity index is 655. The summed E-state index contributed by atoms with van der Waals surface area (Å²) < 4.78 is 19.5. The van der Waals surface area contributed by atoms with Crippen molar-refractivity contribution in [3.05, 3.63) is 35.6 Å². The molecular formula is C18H24ClFN2O3. The topological polar surface area (TPSA) is 61.8 Å². The number of likely N-dealkylation sites (tertiary alicyclic amines) is 1. The van der Waals surface area contributed by atoms with E-state index in [2.05, 4.69) is 5.32 Å². The van der Waals surface area contributed by atoms with Crippen molar-refractivity contribution in [3.8, 4) is 0 Å². The lowest BCUT2D eigenvalue weighted by Crippen LogP contribution is -2.63. The molecule has 2 atom stereocenters. The molecule has 0 spiro atoms. The van der Waals surface area contributed by atoms with Crippen LogP contribution in [0.4, 0.5) is 4.39 Å². The Labute approximate surface area is 152 Å². The molecule has 4 rings (SSSR count). The van der Waals surface area contributed by atoms with Gasteiger partial charge >= 0.3 is 0 Å². The molecule has 7 heteroatoms. The van der Waals surface area contributed by atoms with Crippen molar-refractivity contribution in [2.45, 2.75) is 6.42 Å². The minimum Gasteiger partial charge on any atom is -0.396 e. The molecule has 138 valence electrons. The molecule has 2 N–H and O–H groups in total. The van der Waals surface area contributed by atoms with E-state index in [-0.39, 0.29) is 42.1 Å². The molecule has 3 saturated heterocycles. The van der Waals surface area contributed by atoms with Crippen LogP contribution in [0, 0.1) is 22.6 Å². The molecular weight excluding hydrogens is 347 g/mol. The molecule has 0 unspecified atom stereocenters. The van der Waals surface area contributed by atoms with E-state index in [0.29, 0.717) is 51.4 Å². The number of aliphatic hydroxyl groups excluding tert-OH is 1. The summed E-state index contributed by atoms with van der Waals surface area (Å²) in [6, 6.07) is 6.67. The number of nitrogens with one attached hydrogen (secondary N) is 1. The Morgan fingerprint density at radius 3 is 2.76 bits per heavy atom. The first kappa shape index (κ1) is 18.6. The fourth-order valence-electron chi connectivity index (χ4n) is 4.33. The summed E-state index contributed by atoms with van der Waals surface area (Å²) in [4.78, 5) is 15.1. The van der Waals surface area contributed by atoms with Gasteiger partial charge in [0.1, 0.15) is 5.82 Å². The molecule has 0 radical (unpaired) electrons. The van der Waals surface area contributed by atoms with Crippen LogP contribution >= 0.6 is 12.4 Å². The highest BCUT2D eigenvalue weighted by atomic mass is 35.5. The standard InChI is InChI=1S/C18H23FN2O3.ClH/c19-15-4-2-1-3-13(15)5-17(8-20-9-17)16(23)21-6-14-7-24-12-18(14,10-21)11-22;/h1-4,14,20,22H,5-12H2;1H/t14-,18-;/m0./s1. The lowest BCUT2D eigenvalue weighted by molar-refractivity contribution is -0.145. The van der Waals surface area contributed by atoms with Gasteiger partial charge in [-0.25, -0.2) is 4.39 Å². The van der Waals surface area contributed by atoms with Gasteiger partial charge in [0, 0.05) is 37.5 Å². The van der Waals surface area contributed by atoms with Gasteiger partial charge in [0.15, 0.2) is 0 Å². The van der Waals surface area contributed by atoms with Gasteiger partial charge in [-0.05, 0) is 18.1 Å². The van der Waals surface area contributed by atoms with Crippen molar-refractivity contribution >= 4 is 18.3 Å². The Morgan fingerprint density at radius 1 is 1.40 bits per heavy atom. The smallest absolute Gasteiger partial charge is 0.231 e. The minimum atomic E-state index is -0.571. The van der Waals surface area contributed by atoms with Crippen molar-refractivity contribution < 1.29 is 19.0 Å². The Hall–Kier alpha value is -1.21. The van der Waals surface area contributed by atoms with Crippen LogP contribution in [0.25, 0.3) is 0 Å². The molecule has 0 aliphatic carbocycles. The predicted molar refractivity (Wildman–Crippen MR) is 93.1 cm³/mol. The third kappa shape index (κ3) is 2.95. The van der Waals surface area contributed by atoms with Gasteiger partial charge < -0.3 is 20.1 Å². The van der Waals surface area contributed by atoms with Gasteiger partial charge in [-0.3, -0.25) is 4.79 Å². The summed E-state index contributed by atoms with van der Waals surface area (Å²) in [5.41, 5.74) is -0.295. The maximum absolute atomic E-state index is 14.0. The van der Waals surface area contributed by atoms with E-state index in [1.807, 2.05) is 4.90 Å². The maximum Gasteiger partial charge on any atom is 0.231 e. The fraction of sp³-hybridized carbons (Fsp3) is 0.611. The largest absolute Gasteiger partial charge is 0.396 e. The van der Waals surface area contributed by atoms with Gasteiger partial charge in [-0.2, -0.15) is 0 Å². The van der Waals surface area contributed by atoms with E-state index in [9.17, 15) is 14.3 Å². The van der Waals surface area contributed by atoms with Crippen molar-refractivity contribution in [3.63, 3.8) is 0 Å². The third-order valence-corrected chi connectivity index (χ3v) is 5.99. The van der Waals surface area contributed by atoms with Gasteiger partial charge in [0.25, 0.3) is 0 Å². The predicted octanol–water partition coefficient (Wildman–Crippen LogP) is 0.847. The molecule has 1 aromatic rings. The molecule has 3 aliphatic rings. The minimum absolute atomic E-state index is 0. The highest BCUT2D eigenvalue weighted by Gasteiger charge is 2.55. The van der Waals surface area contributed by atoms with Crippen LogP contribution in [0.5, 0.6) is 0 Å². The number of benzene rings is 1. The number of hydrogen-bond acceptors (Lipinski definition) is 4. The lowest BCUT2D eigenvalue weighted by Gasteiger charge is -2.44. The summed E-state index contributed by atoms with van der Waals surface area (Å²) >= 11 is 0. The molecule has 0 bridgehead atoms. The fourth-order valence-corrected chi connectivity index (χ4v) is 4.33. The highest BCUT2D eigenvalue weighted by Crippen LogP contribution is 2.43. The lowest BCUT2D eigenvalue weighted by atomic mass is 9.75. The van der Waals surface area contributed by atoms with Crippen LogP contribution in [-0.4, -0.2) is 61.9 Å². The SMILES string of the molecule is Cl.O=C(N1C[C@H]2COC[C@@]2(CO)C1)C1(Cc2ccccc2F)CNC1. The highest BCUT2D eigenvalue weighted by molar-refractivity contribution is 5.85. The van der Waals surface area contributed by atoms with E-state index < -0.39 is 5.41 Å². The van der Waals surface area contributed by atoms with Gasteiger partial charge in [-0.15, -0.1) is 12.4 Å². The molecule has 25 heavy (non-hydrogen) atoms.